The largest absolute Gasteiger partial charge is 0.356 e. The van der Waals surface area contributed by atoms with E-state index in [-0.39, 0.29) is 12.1 Å². The van der Waals surface area contributed by atoms with Crippen LogP contribution >= 0.6 is 0 Å². The normalized spacial score (nSPS) is 15.7. The summed E-state index contributed by atoms with van der Waals surface area (Å²) < 4.78 is 0. The molecule has 1 aliphatic heterocycles. The van der Waals surface area contributed by atoms with Crippen molar-refractivity contribution in [3.8, 4) is 0 Å². The molecule has 2 N–H and O–H groups in total. The molecule has 0 fully saturated rings. The molecule has 3 aromatic carbocycles. The molecule has 2 amide bonds. The van der Waals surface area contributed by atoms with Crippen LogP contribution in [0.2, 0.25) is 0 Å². The fourth-order valence-corrected chi connectivity index (χ4v) is 4.54. The maximum atomic E-state index is 13.3. The average molecular weight is 410 g/mol. The number of amides is 2. The molecule has 4 nitrogen and oxygen atoms in total. The Kier molecular flexibility index (Phi) is 4.99. The van der Waals surface area contributed by atoms with Crippen LogP contribution in [-0.4, -0.2) is 22.5 Å². The first-order valence-corrected chi connectivity index (χ1v) is 10.9. The highest BCUT2D eigenvalue weighted by molar-refractivity contribution is 5.86. The number of hydrogen-bond donors (Lipinski definition) is 2. The van der Waals surface area contributed by atoms with Crippen molar-refractivity contribution in [1.82, 2.24) is 15.2 Å². The molecule has 0 aliphatic carbocycles. The van der Waals surface area contributed by atoms with Crippen molar-refractivity contribution in [2.45, 2.75) is 32.9 Å². The van der Waals surface area contributed by atoms with E-state index in [1.807, 2.05) is 4.90 Å². The third kappa shape index (κ3) is 3.70. The fourth-order valence-electron chi connectivity index (χ4n) is 4.54. The Bertz CT molecular complexity index is 1220. The van der Waals surface area contributed by atoms with E-state index in [0.29, 0.717) is 13.1 Å². The standard InChI is InChI=1S/C27H27N3O/c1-18-7-11-20(12-8-18)17-28-27(31)30-16-15-23-22-5-3-4-6-24(22)29-25(23)26(30)21-13-9-19(2)10-14-21/h3-14,26,29H,15-17H2,1-2H3,(H,28,31)/t26-/m1/s1. The molecule has 156 valence electrons. The van der Waals surface area contributed by atoms with E-state index in [4.69, 9.17) is 0 Å². The van der Waals surface area contributed by atoms with E-state index in [9.17, 15) is 4.79 Å². The van der Waals surface area contributed by atoms with Gasteiger partial charge in [-0.15, -0.1) is 0 Å². The molecule has 5 rings (SSSR count). The van der Waals surface area contributed by atoms with Gasteiger partial charge in [0.2, 0.25) is 0 Å². The Morgan fingerprint density at radius 2 is 1.65 bits per heavy atom. The Labute approximate surface area is 182 Å². The highest BCUT2D eigenvalue weighted by atomic mass is 16.2. The van der Waals surface area contributed by atoms with Crippen molar-refractivity contribution >= 4 is 16.9 Å². The first-order valence-electron chi connectivity index (χ1n) is 10.9. The summed E-state index contributed by atoms with van der Waals surface area (Å²) in [5, 5.41) is 4.40. The summed E-state index contributed by atoms with van der Waals surface area (Å²) in [6.45, 7) is 5.37. The van der Waals surface area contributed by atoms with E-state index in [1.54, 1.807) is 0 Å². The molecule has 1 atom stereocenters. The van der Waals surface area contributed by atoms with Crippen LogP contribution in [0.4, 0.5) is 4.79 Å². The molecular formula is C27H27N3O. The number of hydrogen-bond acceptors (Lipinski definition) is 1. The van der Waals surface area contributed by atoms with Gasteiger partial charge >= 0.3 is 6.03 Å². The van der Waals surface area contributed by atoms with Crippen molar-refractivity contribution in [3.05, 3.63) is 106 Å². The quantitative estimate of drug-likeness (QED) is 0.452. The van der Waals surface area contributed by atoms with Crippen LogP contribution in [0.1, 0.15) is 39.6 Å². The second kappa shape index (κ2) is 7.95. The molecule has 1 aliphatic rings. The third-order valence-corrected chi connectivity index (χ3v) is 6.25. The summed E-state index contributed by atoms with van der Waals surface area (Å²) in [4.78, 5) is 18.9. The number of aryl methyl sites for hydroxylation is 2. The van der Waals surface area contributed by atoms with Crippen LogP contribution in [-0.2, 0) is 13.0 Å². The second-order valence-electron chi connectivity index (χ2n) is 8.46. The van der Waals surface area contributed by atoms with Crippen molar-refractivity contribution in [1.29, 1.82) is 0 Å². The molecule has 31 heavy (non-hydrogen) atoms. The lowest BCUT2D eigenvalue weighted by Gasteiger charge is -2.36. The summed E-state index contributed by atoms with van der Waals surface area (Å²) in [5.74, 6) is 0. The van der Waals surface area contributed by atoms with Crippen molar-refractivity contribution in [2.75, 3.05) is 6.54 Å². The lowest BCUT2D eigenvalue weighted by atomic mass is 9.92. The molecule has 2 heterocycles. The number of aromatic nitrogens is 1. The predicted molar refractivity (Wildman–Crippen MR) is 125 cm³/mol. The second-order valence-corrected chi connectivity index (χ2v) is 8.46. The number of H-pyrrole nitrogens is 1. The number of urea groups is 1. The highest BCUT2D eigenvalue weighted by Crippen LogP contribution is 2.38. The number of benzene rings is 3. The summed E-state index contributed by atoms with van der Waals surface area (Å²) >= 11 is 0. The van der Waals surface area contributed by atoms with E-state index in [1.165, 1.54) is 22.1 Å². The van der Waals surface area contributed by atoms with Gasteiger partial charge in [-0.25, -0.2) is 4.79 Å². The lowest BCUT2D eigenvalue weighted by Crippen LogP contribution is -2.45. The van der Waals surface area contributed by atoms with Crippen LogP contribution in [0.5, 0.6) is 0 Å². The van der Waals surface area contributed by atoms with E-state index >= 15 is 0 Å². The lowest BCUT2D eigenvalue weighted by molar-refractivity contribution is 0.179. The summed E-state index contributed by atoms with van der Waals surface area (Å²) in [6.07, 6.45) is 0.847. The molecule has 0 bridgehead atoms. The molecule has 0 spiro atoms. The monoisotopic (exact) mass is 409 g/mol. The van der Waals surface area contributed by atoms with Crippen molar-refractivity contribution in [2.24, 2.45) is 0 Å². The average Bonchev–Trinajstić information content (AvgIpc) is 3.17. The molecule has 4 heteroatoms. The van der Waals surface area contributed by atoms with Gasteiger partial charge in [0.05, 0.1) is 6.04 Å². The topological polar surface area (TPSA) is 48.1 Å². The highest BCUT2D eigenvalue weighted by Gasteiger charge is 2.34. The molecule has 0 saturated heterocycles. The van der Waals surface area contributed by atoms with Gasteiger partial charge in [-0.2, -0.15) is 0 Å². The number of aromatic amines is 1. The Morgan fingerprint density at radius 3 is 2.39 bits per heavy atom. The number of para-hydroxylation sites is 1. The van der Waals surface area contributed by atoms with Crippen LogP contribution in [0.25, 0.3) is 10.9 Å². The van der Waals surface area contributed by atoms with Gasteiger partial charge < -0.3 is 15.2 Å². The maximum absolute atomic E-state index is 13.3. The van der Waals surface area contributed by atoms with Gasteiger partial charge in [-0.05, 0) is 43.0 Å². The predicted octanol–water partition coefficient (Wildman–Crippen LogP) is 5.64. The van der Waals surface area contributed by atoms with Gasteiger partial charge in [0, 0.05) is 29.7 Å². The maximum Gasteiger partial charge on any atom is 0.318 e. The number of carbonyl (C=O) groups excluding carboxylic acids is 1. The fraction of sp³-hybridized carbons (Fsp3) is 0.222. The summed E-state index contributed by atoms with van der Waals surface area (Å²) in [5.41, 5.74) is 8.25. The number of nitrogens with one attached hydrogen (secondary N) is 2. The minimum absolute atomic E-state index is 0.0320. The smallest absolute Gasteiger partial charge is 0.318 e. The first kappa shape index (κ1) is 19.4. The summed E-state index contributed by atoms with van der Waals surface area (Å²) in [7, 11) is 0. The van der Waals surface area contributed by atoms with Crippen LogP contribution in [0, 0.1) is 13.8 Å². The molecule has 4 aromatic rings. The van der Waals surface area contributed by atoms with Gasteiger partial charge in [0.1, 0.15) is 0 Å². The number of fused-ring (bicyclic) bond motifs is 3. The Balaban J connectivity index is 1.49. The molecule has 0 radical (unpaired) electrons. The minimum atomic E-state index is -0.130. The van der Waals surface area contributed by atoms with E-state index in [0.717, 1.165) is 28.8 Å². The van der Waals surface area contributed by atoms with Crippen LogP contribution in [0.15, 0.2) is 72.8 Å². The Hall–Kier alpha value is -3.53. The Morgan fingerprint density at radius 1 is 0.968 bits per heavy atom. The van der Waals surface area contributed by atoms with Crippen molar-refractivity contribution < 1.29 is 4.79 Å². The van der Waals surface area contributed by atoms with Gasteiger partial charge in [0.25, 0.3) is 0 Å². The SMILES string of the molecule is Cc1ccc(CNC(=O)N2CCc3c([nH]c4ccccc34)[C@H]2c2ccc(C)cc2)cc1. The zero-order valence-corrected chi connectivity index (χ0v) is 18.0. The van der Waals surface area contributed by atoms with Crippen molar-refractivity contribution in [3.63, 3.8) is 0 Å². The molecule has 1 aromatic heterocycles. The van der Waals surface area contributed by atoms with Gasteiger partial charge in [0.15, 0.2) is 0 Å². The first-order chi connectivity index (χ1) is 15.1. The molecule has 0 saturated carbocycles. The third-order valence-electron chi connectivity index (χ3n) is 6.25. The van der Waals surface area contributed by atoms with Gasteiger partial charge in [-0.1, -0.05) is 77.9 Å². The van der Waals surface area contributed by atoms with Gasteiger partial charge in [-0.3, -0.25) is 0 Å². The molecular weight excluding hydrogens is 382 g/mol. The number of nitrogens with zero attached hydrogens (tertiary/aromatic N) is 1. The molecule has 0 unspecified atom stereocenters. The number of carbonyl (C=O) groups is 1. The zero-order chi connectivity index (χ0) is 21.4. The minimum Gasteiger partial charge on any atom is -0.356 e. The van der Waals surface area contributed by atoms with E-state index in [2.05, 4.69) is 96.9 Å². The number of rotatable bonds is 3. The summed E-state index contributed by atoms with van der Waals surface area (Å²) in [6, 6.07) is 25.1. The van der Waals surface area contributed by atoms with Crippen LogP contribution in [0.3, 0.4) is 0 Å². The zero-order valence-electron chi connectivity index (χ0n) is 18.0. The van der Waals surface area contributed by atoms with Crippen LogP contribution < -0.4 is 5.32 Å². The van der Waals surface area contributed by atoms with E-state index < -0.39 is 0 Å².